The maximum absolute atomic E-state index is 11.3. The van der Waals surface area contributed by atoms with Gasteiger partial charge in [-0.25, -0.2) is 0 Å². The fourth-order valence-corrected chi connectivity index (χ4v) is 9.93. The van der Waals surface area contributed by atoms with Gasteiger partial charge in [0.15, 0.2) is 5.79 Å². The number of fused-ring (bicyclic) bond motifs is 5. The Balaban J connectivity index is 1.22. The van der Waals surface area contributed by atoms with E-state index in [-0.39, 0.29) is 34.8 Å². The van der Waals surface area contributed by atoms with Crippen LogP contribution in [0.1, 0.15) is 104 Å². The molecule has 1 spiro atoms. The summed E-state index contributed by atoms with van der Waals surface area (Å²) in [6.45, 7) is 7.60. The van der Waals surface area contributed by atoms with E-state index in [0.29, 0.717) is 43.5 Å². The van der Waals surface area contributed by atoms with E-state index in [9.17, 15) is 4.79 Å². The molecule has 41 heavy (non-hydrogen) atoms. The fourth-order valence-electron chi connectivity index (χ4n) is 9.93. The summed E-state index contributed by atoms with van der Waals surface area (Å²) in [5, 5.41) is 0. The van der Waals surface area contributed by atoms with Gasteiger partial charge in [-0.05, 0) is 92.3 Å². The summed E-state index contributed by atoms with van der Waals surface area (Å²) in [6.07, 6.45) is 20.1. The van der Waals surface area contributed by atoms with Crippen molar-refractivity contribution in [2.24, 2.45) is 34.5 Å². The van der Waals surface area contributed by atoms with Crippen LogP contribution in [0.15, 0.2) is 12.2 Å². The Kier molecular flexibility index (Phi) is 10.5. The van der Waals surface area contributed by atoms with Gasteiger partial charge in [0.05, 0.1) is 39.1 Å². The number of ether oxygens (including phenoxy) is 6. The lowest BCUT2D eigenvalue weighted by Crippen LogP contribution is -2.61. The van der Waals surface area contributed by atoms with Crippen LogP contribution in [-0.2, 0) is 33.2 Å². The zero-order valence-corrected chi connectivity index (χ0v) is 26.2. The molecule has 1 aliphatic heterocycles. The second-order valence-electron chi connectivity index (χ2n) is 14.1. The maximum Gasteiger partial charge on any atom is 0.305 e. The van der Waals surface area contributed by atoms with Crippen LogP contribution in [0.5, 0.6) is 0 Å². The van der Waals surface area contributed by atoms with Crippen molar-refractivity contribution in [1.29, 1.82) is 0 Å². The average molecular weight is 577 g/mol. The van der Waals surface area contributed by atoms with Crippen LogP contribution < -0.4 is 0 Å². The molecule has 1 heterocycles. The summed E-state index contributed by atoms with van der Waals surface area (Å²) >= 11 is 0. The van der Waals surface area contributed by atoms with E-state index in [1.807, 2.05) is 0 Å². The van der Waals surface area contributed by atoms with E-state index in [1.165, 1.54) is 26.4 Å². The molecule has 5 aliphatic rings. The predicted molar refractivity (Wildman–Crippen MR) is 157 cm³/mol. The number of carbonyl (C=O) groups excluding carboxylic acids is 1. The highest BCUT2D eigenvalue weighted by molar-refractivity contribution is 5.68. The molecule has 7 heteroatoms. The summed E-state index contributed by atoms with van der Waals surface area (Å²) in [5.41, 5.74) is 0.393. The molecule has 4 aliphatic carbocycles. The van der Waals surface area contributed by atoms with Gasteiger partial charge in [0.25, 0.3) is 0 Å². The molecular weight excluding hydrogens is 520 g/mol. The lowest BCUT2D eigenvalue weighted by Gasteiger charge is -2.63. The van der Waals surface area contributed by atoms with Gasteiger partial charge in [-0.3, -0.25) is 4.79 Å². The van der Waals surface area contributed by atoms with Crippen molar-refractivity contribution in [3.8, 4) is 0 Å². The summed E-state index contributed by atoms with van der Waals surface area (Å²) in [6, 6.07) is 0. The zero-order chi connectivity index (χ0) is 28.9. The van der Waals surface area contributed by atoms with E-state index in [2.05, 4.69) is 26.0 Å². The average Bonchev–Trinajstić information content (AvgIpc) is 3.56. The molecular formula is C34H56O7. The minimum Gasteiger partial charge on any atom is -0.469 e. The highest BCUT2D eigenvalue weighted by atomic mass is 16.7. The van der Waals surface area contributed by atoms with Crippen molar-refractivity contribution in [2.75, 3.05) is 40.8 Å². The van der Waals surface area contributed by atoms with Crippen LogP contribution in [0.2, 0.25) is 0 Å². The van der Waals surface area contributed by atoms with Gasteiger partial charge >= 0.3 is 5.97 Å². The first-order valence-corrected chi connectivity index (χ1v) is 16.6. The van der Waals surface area contributed by atoms with Gasteiger partial charge in [-0.2, -0.15) is 0 Å². The number of hydrogen-bond donors (Lipinski definition) is 0. The van der Waals surface area contributed by atoms with Crippen molar-refractivity contribution in [1.82, 2.24) is 0 Å². The molecule has 0 radical (unpaired) electrons. The van der Waals surface area contributed by atoms with E-state index < -0.39 is 0 Å². The van der Waals surface area contributed by atoms with Crippen LogP contribution in [0.3, 0.4) is 0 Å². The minimum atomic E-state index is -0.328. The van der Waals surface area contributed by atoms with Gasteiger partial charge in [0.2, 0.25) is 0 Å². The third kappa shape index (κ3) is 6.60. The SMILES string of the molecule is COCO[C@H]1CC[C@H]2[C@@H]3CC[C@H]4CC5(CC[C@]4(C)[C@H]3[C@@H](OC/C=C/CCCCCCC(=O)OC)C[C@]12C)OCCO5. The Bertz CT molecular complexity index is 884. The van der Waals surface area contributed by atoms with E-state index in [0.717, 1.165) is 77.4 Å². The number of allylic oxidation sites excluding steroid dienone is 1. The van der Waals surface area contributed by atoms with Crippen LogP contribution in [-0.4, -0.2) is 64.8 Å². The lowest BCUT2D eigenvalue weighted by molar-refractivity contribution is -0.249. The molecule has 1 saturated heterocycles. The number of esters is 1. The van der Waals surface area contributed by atoms with E-state index in [4.69, 9.17) is 28.4 Å². The second kappa shape index (κ2) is 13.8. The number of carbonyl (C=O) groups is 1. The van der Waals surface area contributed by atoms with Gasteiger partial charge in [0, 0.05) is 26.4 Å². The Morgan fingerprint density at radius 2 is 1.68 bits per heavy atom. The van der Waals surface area contributed by atoms with E-state index in [1.54, 1.807) is 7.11 Å². The van der Waals surface area contributed by atoms with Crippen LogP contribution in [0.25, 0.3) is 0 Å². The first kappa shape index (κ1) is 31.4. The fraction of sp³-hybridized carbons (Fsp3) is 0.912. The topological polar surface area (TPSA) is 72.5 Å². The largest absolute Gasteiger partial charge is 0.469 e. The molecule has 0 amide bonds. The molecule has 0 aromatic carbocycles. The van der Waals surface area contributed by atoms with Crippen molar-refractivity contribution in [3.63, 3.8) is 0 Å². The van der Waals surface area contributed by atoms with Gasteiger partial charge < -0.3 is 28.4 Å². The zero-order valence-electron chi connectivity index (χ0n) is 26.2. The third-order valence-electron chi connectivity index (χ3n) is 12.0. The number of rotatable bonds is 13. The monoisotopic (exact) mass is 576 g/mol. The highest BCUT2D eigenvalue weighted by Gasteiger charge is 2.65. The predicted octanol–water partition coefficient (Wildman–Crippen LogP) is 6.83. The minimum absolute atomic E-state index is 0.104. The van der Waals surface area contributed by atoms with Crippen molar-refractivity contribution in [3.05, 3.63) is 12.2 Å². The third-order valence-corrected chi connectivity index (χ3v) is 12.0. The molecule has 234 valence electrons. The standard InChI is InChI=1S/C34H56O7/c1-32-17-18-34(40-20-21-41-34)22-25(32)13-14-26-27-15-16-29(39-24-36-3)33(27,2)23-28(31(26)32)38-19-11-9-7-5-6-8-10-12-30(35)37-4/h9,11,25-29,31H,5-8,10,12-24H2,1-4H3/b11-9+/t25-,26-,27-,28-,29-,31+,32-,33-/m0/s1. The van der Waals surface area contributed by atoms with Gasteiger partial charge in [-0.15, -0.1) is 0 Å². The molecule has 8 atom stereocenters. The molecule has 0 aromatic heterocycles. The Hall–Kier alpha value is -0.990. The second-order valence-corrected chi connectivity index (χ2v) is 14.1. The molecule has 5 rings (SSSR count). The molecule has 7 nitrogen and oxygen atoms in total. The smallest absolute Gasteiger partial charge is 0.305 e. The van der Waals surface area contributed by atoms with Crippen LogP contribution in [0.4, 0.5) is 0 Å². The normalized spacial score (nSPS) is 39.5. The number of methoxy groups -OCH3 is 2. The first-order chi connectivity index (χ1) is 19.9. The van der Waals surface area contributed by atoms with E-state index >= 15 is 0 Å². The Morgan fingerprint density at radius 3 is 2.46 bits per heavy atom. The Labute approximate surface area is 248 Å². The summed E-state index contributed by atoms with van der Waals surface area (Å²) in [4.78, 5) is 11.3. The molecule has 4 saturated carbocycles. The maximum atomic E-state index is 11.3. The molecule has 5 fully saturated rings. The number of hydrogen-bond acceptors (Lipinski definition) is 7. The van der Waals surface area contributed by atoms with Crippen LogP contribution in [0, 0.1) is 34.5 Å². The lowest BCUT2D eigenvalue weighted by atomic mass is 9.44. The number of unbranched alkanes of at least 4 members (excludes halogenated alkanes) is 4. The van der Waals surface area contributed by atoms with Gasteiger partial charge in [0.1, 0.15) is 6.79 Å². The highest BCUT2D eigenvalue weighted by Crippen LogP contribution is 2.68. The molecule has 0 unspecified atom stereocenters. The van der Waals surface area contributed by atoms with Crippen LogP contribution >= 0.6 is 0 Å². The quantitative estimate of drug-likeness (QED) is 0.103. The van der Waals surface area contributed by atoms with Crippen molar-refractivity contribution < 1.29 is 33.2 Å². The molecule has 0 aromatic rings. The van der Waals surface area contributed by atoms with Crippen molar-refractivity contribution >= 4 is 5.97 Å². The first-order valence-electron chi connectivity index (χ1n) is 16.6. The Morgan fingerprint density at radius 1 is 0.878 bits per heavy atom. The molecule has 0 N–H and O–H groups in total. The van der Waals surface area contributed by atoms with Gasteiger partial charge in [-0.1, -0.05) is 38.8 Å². The summed E-state index contributed by atoms with van der Waals surface area (Å²) < 4.78 is 35.7. The summed E-state index contributed by atoms with van der Waals surface area (Å²) in [7, 11) is 3.18. The van der Waals surface area contributed by atoms with Crippen molar-refractivity contribution in [2.45, 2.75) is 122 Å². The summed E-state index contributed by atoms with van der Waals surface area (Å²) in [5.74, 6) is 2.14. The molecule has 0 bridgehead atoms.